The Morgan fingerprint density at radius 2 is 1.76 bits per heavy atom. The number of nitrogens with zero attached hydrogens (tertiary/aromatic N) is 3. The second kappa shape index (κ2) is 13.2. The number of morpholine rings is 1. The number of benzene rings is 2. The van der Waals surface area contributed by atoms with E-state index in [0.29, 0.717) is 54.3 Å². The fraction of sp³-hybridized carbons (Fsp3) is 0.357. The molecule has 2 N–H and O–H groups in total. The zero-order valence-corrected chi connectivity index (χ0v) is 24.4. The molecule has 3 aromatic rings. The van der Waals surface area contributed by atoms with Crippen LogP contribution in [-0.4, -0.2) is 101 Å². The van der Waals surface area contributed by atoms with E-state index >= 15 is 0 Å². The number of hydrogen-bond acceptors (Lipinski definition) is 8. The van der Waals surface area contributed by atoms with Crippen LogP contribution in [0.2, 0.25) is 0 Å². The lowest BCUT2D eigenvalue weighted by Crippen LogP contribution is -2.42. The van der Waals surface area contributed by atoms with Gasteiger partial charge in [0.05, 0.1) is 33.0 Å². The molecule has 0 saturated carbocycles. The van der Waals surface area contributed by atoms with Gasteiger partial charge in [0, 0.05) is 63.0 Å². The van der Waals surface area contributed by atoms with Gasteiger partial charge in [0.1, 0.15) is 5.70 Å². The molecule has 41 heavy (non-hydrogen) atoms. The average Bonchev–Trinajstić information content (AvgIpc) is 3.35. The van der Waals surface area contributed by atoms with E-state index in [-0.39, 0.29) is 11.3 Å². The Morgan fingerprint density at radius 1 is 1.05 bits per heavy atom. The monoisotopic (exact) mass is 585 g/mol. The first-order valence-corrected chi connectivity index (χ1v) is 14.4. The van der Waals surface area contributed by atoms with Gasteiger partial charge in [0.25, 0.3) is 11.8 Å². The summed E-state index contributed by atoms with van der Waals surface area (Å²) in [4.78, 5) is 28.9. The Balaban J connectivity index is 1.69. The molecule has 1 aliphatic heterocycles. The lowest BCUT2D eigenvalue weighted by atomic mass is 10.1. The van der Waals surface area contributed by atoms with Crippen LogP contribution < -0.4 is 20.1 Å². The second-order valence-corrected chi connectivity index (χ2v) is 11.5. The van der Waals surface area contributed by atoms with E-state index in [4.69, 9.17) is 14.2 Å². The molecular weight excluding hydrogens is 550 g/mol. The zero-order chi connectivity index (χ0) is 29.6. The van der Waals surface area contributed by atoms with E-state index < -0.39 is 22.0 Å². The van der Waals surface area contributed by atoms with Crippen LogP contribution in [0.1, 0.15) is 15.9 Å². The summed E-state index contributed by atoms with van der Waals surface area (Å²) in [5.41, 5.74) is 1.08. The van der Waals surface area contributed by atoms with E-state index in [1.807, 2.05) is 0 Å². The predicted octanol–water partition coefficient (Wildman–Crippen LogP) is 1.53. The molecule has 2 heterocycles. The number of ether oxygens (including phenoxy) is 3. The van der Waals surface area contributed by atoms with Crippen molar-refractivity contribution in [1.29, 1.82) is 0 Å². The Morgan fingerprint density at radius 3 is 2.44 bits per heavy atom. The number of carbonyl (C=O) groups excluding carboxylic acids is 2. The minimum Gasteiger partial charge on any atom is -0.493 e. The molecule has 0 atom stereocenters. The SMILES string of the molecule is COc1ccc(C(=O)N/C(=C\c2cn(S(=O)(=O)N(C)C)c3ccccc23)C(=O)NCCN2CCOCC2)cc1OC. The molecule has 13 heteroatoms. The van der Waals surface area contributed by atoms with Crippen molar-refractivity contribution in [3.63, 3.8) is 0 Å². The lowest BCUT2D eigenvalue weighted by molar-refractivity contribution is -0.117. The maximum Gasteiger partial charge on any atom is 0.307 e. The van der Waals surface area contributed by atoms with Gasteiger partial charge < -0.3 is 24.8 Å². The molecular formula is C28H35N5O7S. The minimum absolute atomic E-state index is 0.0445. The number of aromatic nitrogens is 1. The molecule has 0 aliphatic carbocycles. The second-order valence-electron chi connectivity index (χ2n) is 9.48. The highest BCUT2D eigenvalue weighted by Crippen LogP contribution is 2.28. The number of carbonyl (C=O) groups is 2. The number of fused-ring (bicyclic) bond motifs is 1. The quantitative estimate of drug-likeness (QED) is 0.324. The molecule has 1 fully saturated rings. The molecule has 4 rings (SSSR count). The predicted molar refractivity (Wildman–Crippen MR) is 155 cm³/mol. The standard InChI is InChI=1S/C28H35N5O7S/c1-31(2)41(36,37)33-19-21(22-7-5-6-8-24(22)33)17-23(28(35)29-11-12-32-13-15-40-16-14-32)30-27(34)20-9-10-25(38-3)26(18-20)39-4/h5-10,17-19H,11-16H2,1-4H3,(H,29,35)(H,30,34)/b23-17-. The molecule has 2 amide bonds. The van der Waals surface area contributed by atoms with Crippen molar-refractivity contribution in [3.8, 4) is 11.5 Å². The van der Waals surface area contributed by atoms with Crippen molar-refractivity contribution in [2.45, 2.75) is 0 Å². The maximum atomic E-state index is 13.4. The van der Waals surface area contributed by atoms with E-state index in [1.165, 1.54) is 46.7 Å². The summed E-state index contributed by atoms with van der Waals surface area (Å²) in [5, 5.41) is 6.17. The van der Waals surface area contributed by atoms with Crippen LogP contribution in [0.25, 0.3) is 17.0 Å². The van der Waals surface area contributed by atoms with Crippen molar-refractivity contribution in [3.05, 3.63) is 65.5 Å². The van der Waals surface area contributed by atoms with Gasteiger partial charge in [-0.25, -0.2) is 3.97 Å². The summed E-state index contributed by atoms with van der Waals surface area (Å²) in [6.07, 6.45) is 2.91. The highest BCUT2D eigenvalue weighted by molar-refractivity contribution is 7.87. The van der Waals surface area contributed by atoms with Crippen LogP contribution in [-0.2, 0) is 19.7 Å². The molecule has 1 saturated heterocycles. The number of amides is 2. The van der Waals surface area contributed by atoms with Crippen molar-refractivity contribution >= 4 is 39.0 Å². The molecule has 220 valence electrons. The normalized spacial score (nSPS) is 14.7. The largest absolute Gasteiger partial charge is 0.493 e. The summed E-state index contributed by atoms with van der Waals surface area (Å²) in [7, 11) is 1.98. The molecule has 1 aliphatic rings. The van der Waals surface area contributed by atoms with E-state index in [9.17, 15) is 18.0 Å². The first-order chi connectivity index (χ1) is 19.6. The van der Waals surface area contributed by atoms with Gasteiger partial charge in [-0.2, -0.15) is 12.7 Å². The third kappa shape index (κ3) is 6.88. The van der Waals surface area contributed by atoms with Crippen molar-refractivity contribution < 1.29 is 32.2 Å². The molecule has 12 nitrogen and oxygen atoms in total. The van der Waals surface area contributed by atoms with Crippen molar-refractivity contribution in [1.82, 2.24) is 23.8 Å². The van der Waals surface area contributed by atoms with Gasteiger partial charge in [-0.3, -0.25) is 14.5 Å². The number of methoxy groups -OCH3 is 2. The third-order valence-corrected chi connectivity index (χ3v) is 8.40. The molecule has 2 aromatic carbocycles. The van der Waals surface area contributed by atoms with E-state index in [0.717, 1.165) is 21.4 Å². The lowest BCUT2D eigenvalue weighted by Gasteiger charge is -2.26. The molecule has 0 spiro atoms. The summed E-state index contributed by atoms with van der Waals surface area (Å²) in [5.74, 6) is -0.252. The van der Waals surface area contributed by atoms with Crippen LogP contribution in [0.5, 0.6) is 11.5 Å². The van der Waals surface area contributed by atoms with E-state index in [2.05, 4.69) is 15.5 Å². The topological polar surface area (TPSA) is 131 Å². The number of nitrogens with one attached hydrogen (secondary N) is 2. The Bertz CT molecular complexity index is 1540. The highest BCUT2D eigenvalue weighted by Gasteiger charge is 2.22. The minimum atomic E-state index is -3.85. The third-order valence-electron chi connectivity index (χ3n) is 6.67. The first-order valence-electron chi connectivity index (χ1n) is 13.0. The Kier molecular flexibility index (Phi) is 9.65. The summed E-state index contributed by atoms with van der Waals surface area (Å²) in [6.45, 7) is 3.79. The summed E-state index contributed by atoms with van der Waals surface area (Å²) < 4.78 is 44.3. The van der Waals surface area contributed by atoms with Crippen LogP contribution in [0.4, 0.5) is 0 Å². The van der Waals surface area contributed by atoms with Crippen LogP contribution in [0.3, 0.4) is 0 Å². The van der Waals surface area contributed by atoms with Gasteiger partial charge in [-0.15, -0.1) is 0 Å². The van der Waals surface area contributed by atoms with Crippen molar-refractivity contribution in [2.24, 2.45) is 0 Å². The zero-order valence-electron chi connectivity index (χ0n) is 23.5. The van der Waals surface area contributed by atoms with Gasteiger partial charge in [-0.05, 0) is 30.3 Å². The molecule has 1 aromatic heterocycles. The van der Waals surface area contributed by atoms with Gasteiger partial charge >= 0.3 is 10.2 Å². The average molecular weight is 586 g/mol. The van der Waals surface area contributed by atoms with Crippen molar-refractivity contribution in [2.75, 3.05) is 67.7 Å². The molecule has 0 unspecified atom stereocenters. The number of rotatable bonds is 11. The van der Waals surface area contributed by atoms with Crippen LogP contribution in [0.15, 0.2) is 54.4 Å². The van der Waals surface area contributed by atoms with Crippen LogP contribution in [0, 0.1) is 0 Å². The van der Waals surface area contributed by atoms with Gasteiger partial charge in [-0.1, -0.05) is 18.2 Å². The summed E-state index contributed by atoms with van der Waals surface area (Å²) in [6, 6.07) is 11.6. The van der Waals surface area contributed by atoms with E-state index in [1.54, 1.807) is 36.4 Å². The maximum absolute atomic E-state index is 13.4. The number of para-hydroxylation sites is 1. The van der Waals surface area contributed by atoms with Gasteiger partial charge in [0.15, 0.2) is 11.5 Å². The fourth-order valence-corrected chi connectivity index (χ4v) is 5.40. The van der Waals surface area contributed by atoms with Crippen LogP contribution >= 0.6 is 0 Å². The number of hydrogen-bond donors (Lipinski definition) is 2. The first kappa shape index (κ1) is 30.1. The molecule has 0 radical (unpaired) electrons. The van der Waals surface area contributed by atoms with Gasteiger partial charge in [0.2, 0.25) is 0 Å². The smallest absolute Gasteiger partial charge is 0.307 e. The molecule has 0 bridgehead atoms. The fourth-order valence-electron chi connectivity index (χ4n) is 4.39. The Hall–Kier alpha value is -3.91. The Labute approximate surface area is 239 Å². The summed E-state index contributed by atoms with van der Waals surface area (Å²) >= 11 is 0. The highest BCUT2D eigenvalue weighted by atomic mass is 32.2.